The Morgan fingerprint density at radius 3 is 2.94 bits per heavy atom. The van der Waals surface area contributed by atoms with E-state index in [1.807, 2.05) is 6.07 Å². The molecule has 17 heavy (non-hydrogen) atoms. The molecule has 1 fully saturated rings. The third-order valence-corrected chi connectivity index (χ3v) is 2.97. The first kappa shape index (κ1) is 12.0. The van der Waals surface area contributed by atoms with E-state index in [4.69, 9.17) is 0 Å². The lowest BCUT2D eigenvalue weighted by atomic mass is 10.2. The maximum Gasteiger partial charge on any atom is 0.269 e. The number of non-ortho nitro benzene ring substituents is 1. The number of rotatable bonds is 6. The molecule has 0 bridgehead atoms. The molecule has 92 valence electrons. The fourth-order valence-electron chi connectivity index (χ4n) is 1.79. The van der Waals surface area contributed by atoms with E-state index < -0.39 is 4.92 Å². The first-order valence-electron chi connectivity index (χ1n) is 5.79. The summed E-state index contributed by atoms with van der Waals surface area (Å²) in [6.45, 7) is 1.10. The van der Waals surface area contributed by atoms with Gasteiger partial charge in [-0.3, -0.25) is 10.1 Å². The van der Waals surface area contributed by atoms with Gasteiger partial charge in [0.25, 0.3) is 5.69 Å². The van der Waals surface area contributed by atoms with Crippen molar-refractivity contribution < 1.29 is 10.0 Å². The van der Waals surface area contributed by atoms with Crippen molar-refractivity contribution in [3.8, 4) is 0 Å². The van der Waals surface area contributed by atoms with E-state index in [1.54, 1.807) is 12.1 Å². The summed E-state index contributed by atoms with van der Waals surface area (Å²) in [4.78, 5) is 10.2. The molecule has 1 aromatic carbocycles. The summed E-state index contributed by atoms with van der Waals surface area (Å²) in [5, 5.41) is 23.3. The Labute approximate surface area is 99.6 Å². The lowest BCUT2D eigenvalue weighted by Crippen LogP contribution is -2.27. The van der Waals surface area contributed by atoms with Gasteiger partial charge in [0.2, 0.25) is 0 Å². The minimum Gasteiger partial charge on any atom is -0.392 e. The summed E-state index contributed by atoms with van der Waals surface area (Å²) < 4.78 is 0. The van der Waals surface area contributed by atoms with Gasteiger partial charge in [0.15, 0.2) is 0 Å². The van der Waals surface area contributed by atoms with E-state index in [-0.39, 0.29) is 11.8 Å². The lowest BCUT2D eigenvalue weighted by molar-refractivity contribution is -0.384. The number of hydrogen-bond acceptors (Lipinski definition) is 4. The summed E-state index contributed by atoms with van der Waals surface area (Å²) in [5.74, 6) is 0.451. The molecule has 0 spiro atoms. The molecule has 1 aliphatic rings. The Balaban J connectivity index is 1.81. The molecule has 5 nitrogen and oxygen atoms in total. The Bertz CT molecular complexity index is 404. The van der Waals surface area contributed by atoms with Gasteiger partial charge in [-0.1, -0.05) is 12.1 Å². The van der Waals surface area contributed by atoms with Crippen molar-refractivity contribution in [1.29, 1.82) is 0 Å². The van der Waals surface area contributed by atoms with Crippen LogP contribution in [0.4, 0.5) is 5.69 Å². The third-order valence-electron chi connectivity index (χ3n) is 2.97. The molecular weight excluding hydrogens is 220 g/mol. The summed E-state index contributed by atoms with van der Waals surface area (Å²) in [6.07, 6.45) is 1.94. The summed E-state index contributed by atoms with van der Waals surface area (Å²) in [7, 11) is 0. The fraction of sp³-hybridized carbons (Fsp3) is 0.500. The standard InChI is InChI=1S/C12H16N2O3/c15-12(10-4-5-10)8-13-7-9-2-1-3-11(6-9)14(16)17/h1-3,6,10,12-13,15H,4-5,7-8H2. The van der Waals surface area contributed by atoms with Gasteiger partial charge in [-0.25, -0.2) is 0 Å². The average molecular weight is 236 g/mol. The molecule has 0 aliphatic heterocycles. The SMILES string of the molecule is O=[N+]([O-])c1cccc(CNCC(O)C2CC2)c1. The number of nitro groups is 1. The molecule has 0 radical (unpaired) electrons. The second-order valence-corrected chi connectivity index (χ2v) is 4.46. The predicted octanol–water partition coefficient (Wildman–Crippen LogP) is 1.46. The number of hydrogen-bond donors (Lipinski definition) is 2. The third kappa shape index (κ3) is 3.51. The van der Waals surface area contributed by atoms with Crippen molar-refractivity contribution in [2.75, 3.05) is 6.54 Å². The number of nitrogens with zero attached hydrogens (tertiary/aromatic N) is 1. The van der Waals surface area contributed by atoms with Crippen molar-refractivity contribution >= 4 is 5.69 Å². The Kier molecular flexibility index (Phi) is 3.71. The largest absolute Gasteiger partial charge is 0.392 e. The van der Waals surface area contributed by atoms with E-state index in [0.717, 1.165) is 18.4 Å². The molecule has 2 N–H and O–H groups in total. The number of aliphatic hydroxyl groups is 1. The number of nitro benzene ring substituents is 1. The van der Waals surface area contributed by atoms with Crippen molar-refractivity contribution in [3.05, 3.63) is 39.9 Å². The molecule has 5 heteroatoms. The highest BCUT2D eigenvalue weighted by atomic mass is 16.6. The average Bonchev–Trinajstić information content (AvgIpc) is 3.13. The van der Waals surface area contributed by atoms with Crippen LogP contribution in [-0.2, 0) is 6.54 Å². The molecule has 0 heterocycles. The van der Waals surface area contributed by atoms with Crippen LogP contribution in [0.15, 0.2) is 24.3 Å². The van der Waals surface area contributed by atoms with Crippen LogP contribution in [0.5, 0.6) is 0 Å². The van der Waals surface area contributed by atoms with Crippen molar-refractivity contribution in [2.24, 2.45) is 5.92 Å². The molecule has 1 aromatic rings. The summed E-state index contributed by atoms with van der Waals surface area (Å²) in [6, 6.07) is 6.54. The molecule has 1 saturated carbocycles. The van der Waals surface area contributed by atoms with Crippen LogP contribution in [0.2, 0.25) is 0 Å². The molecule has 1 aliphatic carbocycles. The predicted molar refractivity (Wildman–Crippen MR) is 63.5 cm³/mol. The van der Waals surface area contributed by atoms with Gasteiger partial charge in [-0.2, -0.15) is 0 Å². The first-order chi connectivity index (χ1) is 8.16. The lowest BCUT2D eigenvalue weighted by Gasteiger charge is -2.10. The van der Waals surface area contributed by atoms with E-state index in [1.165, 1.54) is 6.07 Å². The van der Waals surface area contributed by atoms with Gasteiger partial charge >= 0.3 is 0 Å². The second kappa shape index (κ2) is 5.25. The highest BCUT2D eigenvalue weighted by Crippen LogP contribution is 2.32. The fourth-order valence-corrected chi connectivity index (χ4v) is 1.79. The highest BCUT2D eigenvalue weighted by Gasteiger charge is 2.29. The Morgan fingerprint density at radius 2 is 2.29 bits per heavy atom. The zero-order valence-electron chi connectivity index (χ0n) is 9.50. The second-order valence-electron chi connectivity index (χ2n) is 4.46. The summed E-state index contributed by atoms with van der Waals surface area (Å²) >= 11 is 0. The van der Waals surface area contributed by atoms with E-state index in [0.29, 0.717) is 19.0 Å². The van der Waals surface area contributed by atoms with Gasteiger partial charge < -0.3 is 10.4 Å². The molecular formula is C12H16N2O3. The molecule has 0 saturated heterocycles. The topological polar surface area (TPSA) is 75.4 Å². The smallest absolute Gasteiger partial charge is 0.269 e. The van der Waals surface area contributed by atoms with Crippen molar-refractivity contribution in [2.45, 2.75) is 25.5 Å². The Morgan fingerprint density at radius 1 is 1.53 bits per heavy atom. The van der Waals surface area contributed by atoms with Gasteiger partial charge in [-0.15, -0.1) is 0 Å². The molecule has 0 amide bonds. The normalized spacial score (nSPS) is 16.8. The highest BCUT2D eigenvalue weighted by molar-refractivity contribution is 5.34. The van der Waals surface area contributed by atoms with Crippen LogP contribution < -0.4 is 5.32 Å². The molecule has 2 rings (SSSR count). The molecule has 1 unspecified atom stereocenters. The van der Waals surface area contributed by atoms with Crippen LogP contribution in [-0.4, -0.2) is 22.7 Å². The monoisotopic (exact) mass is 236 g/mol. The minimum atomic E-state index is -0.400. The van der Waals surface area contributed by atoms with Gasteiger partial charge in [0.05, 0.1) is 11.0 Å². The van der Waals surface area contributed by atoms with Crippen LogP contribution in [0.3, 0.4) is 0 Å². The van der Waals surface area contributed by atoms with Crippen molar-refractivity contribution in [3.63, 3.8) is 0 Å². The van der Waals surface area contributed by atoms with Crippen LogP contribution in [0.25, 0.3) is 0 Å². The van der Waals surface area contributed by atoms with Crippen molar-refractivity contribution in [1.82, 2.24) is 5.32 Å². The molecule has 1 atom stereocenters. The quantitative estimate of drug-likeness (QED) is 0.579. The van der Waals surface area contributed by atoms with E-state index >= 15 is 0 Å². The summed E-state index contributed by atoms with van der Waals surface area (Å²) in [5.41, 5.74) is 0.967. The number of nitrogens with one attached hydrogen (secondary N) is 1. The van der Waals surface area contributed by atoms with Gasteiger partial charge in [0.1, 0.15) is 0 Å². The zero-order chi connectivity index (χ0) is 12.3. The zero-order valence-corrected chi connectivity index (χ0v) is 9.50. The number of aliphatic hydroxyl groups excluding tert-OH is 1. The van der Waals surface area contributed by atoms with Crippen LogP contribution in [0.1, 0.15) is 18.4 Å². The van der Waals surface area contributed by atoms with E-state index in [9.17, 15) is 15.2 Å². The number of benzene rings is 1. The first-order valence-corrected chi connectivity index (χ1v) is 5.79. The van der Waals surface area contributed by atoms with Crippen LogP contribution >= 0.6 is 0 Å². The van der Waals surface area contributed by atoms with Gasteiger partial charge in [-0.05, 0) is 24.3 Å². The maximum atomic E-state index is 10.6. The van der Waals surface area contributed by atoms with Crippen LogP contribution in [0, 0.1) is 16.0 Å². The Hall–Kier alpha value is -1.46. The van der Waals surface area contributed by atoms with E-state index in [2.05, 4.69) is 5.32 Å². The maximum absolute atomic E-state index is 10.6. The minimum absolute atomic E-state index is 0.104. The van der Waals surface area contributed by atoms with Gasteiger partial charge in [0, 0.05) is 25.2 Å². The molecule has 0 aromatic heterocycles.